The minimum Gasteiger partial charge on any atom is -0.387 e. The van der Waals surface area contributed by atoms with E-state index in [0.29, 0.717) is 5.92 Å². The van der Waals surface area contributed by atoms with Crippen LogP contribution in [-0.2, 0) is 12.8 Å². The van der Waals surface area contributed by atoms with Gasteiger partial charge in [-0.3, -0.25) is 0 Å². The van der Waals surface area contributed by atoms with E-state index in [0.717, 1.165) is 22.1 Å². The van der Waals surface area contributed by atoms with Gasteiger partial charge in [0.05, 0.1) is 10.4 Å². The van der Waals surface area contributed by atoms with E-state index in [9.17, 15) is 5.11 Å². The zero-order chi connectivity index (χ0) is 11.8. The fourth-order valence-corrected chi connectivity index (χ4v) is 3.68. The van der Waals surface area contributed by atoms with Crippen molar-refractivity contribution in [3.05, 3.63) is 56.7 Å². The van der Waals surface area contributed by atoms with Gasteiger partial charge in [0.25, 0.3) is 0 Å². The first kappa shape index (κ1) is 11.3. The molecule has 0 radical (unpaired) electrons. The lowest BCUT2D eigenvalue weighted by Gasteiger charge is -2.15. The van der Waals surface area contributed by atoms with Gasteiger partial charge >= 0.3 is 0 Å². The molecule has 1 aliphatic rings. The van der Waals surface area contributed by atoms with E-state index in [1.807, 2.05) is 12.1 Å². The fraction of sp³-hybridized carbons (Fsp3) is 0.286. The zero-order valence-corrected chi connectivity index (χ0v) is 10.8. The summed E-state index contributed by atoms with van der Waals surface area (Å²) in [6, 6.07) is 12.2. The first-order valence-electron chi connectivity index (χ1n) is 5.74. The Morgan fingerprint density at radius 1 is 1.12 bits per heavy atom. The topological polar surface area (TPSA) is 20.2 Å². The van der Waals surface area contributed by atoms with Gasteiger partial charge in [-0.1, -0.05) is 35.9 Å². The first-order valence-corrected chi connectivity index (χ1v) is 6.93. The minimum atomic E-state index is -0.389. The SMILES string of the molecule is OC(c1ccc(Cl)s1)C1Cc2ccccc2C1. The summed E-state index contributed by atoms with van der Waals surface area (Å²) in [7, 11) is 0. The van der Waals surface area contributed by atoms with E-state index in [-0.39, 0.29) is 6.10 Å². The highest BCUT2D eigenvalue weighted by Crippen LogP contribution is 2.38. The van der Waals surface area contributed by atoms with Crippen LogP contribution >= 0.6 is 22.9 Å². The average molecular weight is 265 g/mol. The highest BCUT2D eigenvalue weighted by Gasteiger charge is 2.28. The van der Waals surface area contributed by atoms with Crippen molar-refractivity contribution in [1.29, 1.82) is 0 Å². The molecule has 1 atom stereocenters. The van der Waals surface area contributed by atoms with Gasteiger partial charge in [-0.05, 0) is 42.0 Å². The summed E-state index contributed by atoms with van der Waals surface area (Å²) in [5.74, 6) is 0.294. The summed E-state index contributed by atoms with van der Waals surface area (Å²) in [5, 5.41) is 10.4. The molecule has 1 nitrogen and oxygen atoms in total. The van der Waals surface area contributed by atoms with Gasteiger partial charge in [-0.15, -0.1) is 11.3 Å². The number of hydrogen-bond donors (Lipinski definition) is 1. The van der Waals surface area contributed by atoms with Crippen molar-refractivity contribution < 1.29 is 5.11 Å². The normalized spacial score (nSPS) is 17.1. The van der Waals surface area contributed by atoms with Gasteiger partial charge in [0.15, 0.2) is 0 Å². The Morgan fingerprint density at radius 3 is 2.29 bits per heavy atom. The lowest BCUT2D eigenvalue weighted by atomic mass is 9.98. The summed E-state index contributed by atoms with van der Waals surface area (Å²) < 4.78 is 0.745. The lowest BCUT2D eigenvalue weighted by Crippen LogP contribution is -2.11. The van der Waals surface area contributed by atoms with Crippen LogP contribution in [0.5, 0.6) is 0 Å². The third-order valence-corrected chi connectivity index (χ3v) is 4.72. The van der Waals surface area contributed by atoms with Crippen molar-refractivity contribution in [2.75, 3.05) is 0 Å². The van der Waals surface area contributed by atoms with Gasteiger partial charge in [0.2, 0.25) is 0 Å². The fourth-order valence-electron chi connectivity index (χ4n) is 2.54. The number of halogens is 1. The lowest BCUT2D eigenvalue weighted by molar-refractivity contribution is 0.117. The van der Waals surface area contributed by atoms with Crippen molar-refractivity contribution in [3.63, 3.8) is 0 Å². The molecule has 0 spiro atoms. The van der Waals surface area contributed by atoms with Crippen LogP contribution in [0.3, 0.4) is 0 Å². The molecule has 0 aliphatic heterocycles. The Bertz CT molecular complexity index is 510. The number of thiophene rings is 1. The van der Waals surface area contributed by atoms with E-state index in [1.54, 1.807) is 0 Å². The Kier molecular flexibility index (Phi) is 2.95. The van der Waals surface area contributed by atoms with Crippen molar-refractivity contribution in [2.24, 2.45) is 5.92 Å². The summed E-state index contributed by atoms with van der Waals surface area (Å²) in [6.07, 6.45) is 1.54. The predicted molar refractivity (Wildman–Crippen MR) is 71.6 cm³/mol. The molecule has 1 aromatic carbocycles. The second kappa shape index (κ2) is 4.45. The maximum atomic E-state index is 10.4. The van der Waals surface area contributed by atoms with Crippen LogP contribution in [0.1, 0.15) is 22.1 Å². The van der Waals surface area contributed by atoms with Crippen molar-refractivity contribution in [3.8, 4) is 0 Å². The van der Waals surface area contributed by atoms with Crippen molar-refractivity contribution in [1.82, 2.24) is 0 Å². The summed E-state index contributed by atoms with van der Waals surface area (Å²) >= 11 is 7.38. The Morgan fingerprint density at radius 2 is 1.76 bits per heavy atom. The molecular weight excluding hydrogens is 252 g/mol. The maximum Gasteiger partial charge on any atom is 0.0932 e. The van der Waals surface area contributed by atoms with Gasteiger partial charge in [0.1, 0.15) is 0 Å². The monoisotopic (exact) mass is 264 g/mol. The van der Waals surface area contributed by atoms with E-state index >= 15 is 0 Å². The van der Waals surface area contributed by atoms with Gasteiger partial charge < -0.3 is 5.11 Å². The number of aliphatic hydroxyl groups excluding tert-OH is 1. The number of aliphatic hydroxyl groups is 1. The quantitative estimate of drug-likeness (QED) is 0.874. The molecule has 0 saturated carbocycles. The van der Waals surface area contributed by atoms with Gasteiger partial charge in [-0.25, -0.2) is 0 Å². The molecule has 1 unspecified atom stereocenters. The van der Waals surface area contributed by atoms with Crippen LogP contribution in [0.2, 0.25) is 4.34 Å². The standard InChI is InChI=1S/C14H13ClOS/c15-13-6-5-12(17-13)14(16)11-7-9-3-1-2-4-10(9)8-11/h1-6,11,14,16H,7-8H2. The number of rotatable bonds is 2. The third kappa shape index (κ3) is 2.13. The number of benzene rings is 1. The Balaban J connectivity index is 1.80. The maximum absolute atomic E-state index is 10.4. The average Bonchev–Trinajstić information content (AvgIpc) is 2.93. The molecule has 1 aromatic heterocycles. The molecule has 17 heavy (non-hydrogen) atoms. The molecule has 0 fully saturated rings. The molecule has 1 aliphatic carbocycles. The molecule has 1 N–H and O–H groups in total. The Labute approximate surface area is 110 Å². The molecule has 0 bridgehead atoms. The highest BCUT2D eigenvalue weighted by molar-refractivity contribution is 7.16. The van der Waals surface area contributed by atoms with E-state index in [1.165, 1.54) is 22.5 Å². The van der Waals surface area contributed by atoms with Crippen LogP contribution in [-0.4, -0.2) is 5.11 Å². The number of fused-ring (bicyclic) bond motifs is 1. The molecule has 88 valence electrons. The predicted octanol–water partition coefficient (Wildman–Crippen LogP) is 3.85. The minimum absolute atomic E-state index is 0.294. The van der Waals surface area contributed by atoms with Crippen LogP contribution < -0.4 is 0 Å². The molecule has 2 aromatic rings. The molecule has 1 heterocycles. The van der Waals surface area contributed by atoms with E-state index in [2.05, 4.69) is 24.3 Å². The molecule has 0 amide bonds. The van der Waals surface area contributed by atoms with Crippen molar-refractivity contribution in [2.45, 2.75) is 18.9 Å². The van der Waals surface area contributed by atoms with Crippen molar-refractivity contribution >= 4 is 22.9 Å². The molecule has 3 rings (SSSR count). The third-order valence-electron chi connectivity index (χ3n) is 3.41. The highest BCUT2D eigenvalue weighted by atomic mass is 35.5. The van der Waals surface area contributed by atoms with Crippen LogP contribution in [0.25, 0.3) is 0 Å². The van der Waals surface area contributed by atoms with E-state index in [4.69, 9.17) is 11.6 Å². The summed E-state index contributed by atoms with van der Waals surface area (Å²) in [5.41, 5.74) is 2.75. The summed E-state index contributed by atoms with van der Waals surface area (Å²) in [4.78, 5) is 0.979. The van der Waals surface area contributed by atoms with Crippen LogP contribution in [0.4, 0.5) is 0 Å². The van der Waals surface area contributed by atoms with Crippen LogP contribution in [0.15, 0.2) is 36.4 Å². The molecular formula is C14H13ClOS. The largest absolute Gasteiger partial charge is 0.387 e. The zero-order valence-electron chi connectivity index (χ0n) is 9.27. The van der Waals surface area contributed by atoms with Gasteiger partial charge in [0, 0.05) is 4.88 Å². The first-order chi connectivity index (χ1) is 8.24. The second-order valence-electron chi connectivity index (χ2n) is 4.52. The van der Waals surface area contributed by atoms with Crippen LogP contribution in [0, 0.1) is 5.92 Å². The van der Waals surface area contributed by atoms with Gasteiger partial charge in [-0.2, -0.15) is 0 Å². The molecule has 0 saturated heterocycles. The summed E-state index contributed by atoms with van der Waals surface area (Å²) in [6.45, 7) is 0. The molecule has 3 heteroatoms. The Hall–Kier alpha value is -0.830. The smallest absolute Gasteiger partial charge is 0.0932 e. The van der Waals surface area contributed by atoms with E-state index < -0.39 is 0 Å². The number of hydrogen-bond acceptors (Lipinski definition) is 2. The second-order valence-corrected chi connectivity index (χ2v) is 6.27.